The van der Waals surface area contributed by atoms with Crippen molar-refractivity contribution in [2.24, 2.45) is 0 Å². The van der Waals surface area contributed by atoms with E-state index in [1.165, 1.54) is 103 Å². The van der Waals surface area contributed by atoms with E-state index in [-0.39, 0.29) is 12.1 Å². The molecular formula is C25H57N2O5P. The van der Waals surface area contributed by atoms with Crippen LogP contribution in [0.25, 0.3) is 0 Å². The van der Waals surface area contributed by atoms with Crippen molar-refractivity contribution in [2.75, 3.05) is 13.2 Å². The highest BCUT2D eigenvalue weighted by Gasteiger charge is 2.19. The molecule has 0 aliphatic heterocycles. The topological polar surface area (TPSA) is 122 Å². The van der Waals surface area contributed by atoms with E-state index in [0.717, 1.165) is 13.0 Å². The second-order valence-electron chi connectivity index (χ2n) is 9.92. The van der Waals surface area contributed by atoms with Crippen LogP contribution < -0.4 is 10.6 Å². The van der Waals surface area contributed by atoms with Crippen LogP contribution in [0.2, 0.25) is 0 Å². The minimum atomic E-state index is -4.64. The zero-order valence-corrected chi connectivity index (χ0v) is 23.1. The van der Waals surface area contributed by atoms with Gasteiger partial charge in [-0.25, -0.2) is 4.57 Å². The summed E-state index contributed by atoms with van der Waals surface area (Å²) in [4.78, 5) is 21.6. The quantitative estimate of drug-likeness (QED) is 0.0617. The summed E-state index contributed by atoms with van der Waals surface area (Å²) >= 11 is 0. The van der Waals surface area contributed by atoms with Crippen LogP contribution in [-0.2, 0) is 4.57 Å². The summed E-state index contributed by atoms with van der Waals surface area (Å²) < 4.78 is 8.88. The number of phosphoric acid groups is 1. The number of aliphatic hydroxyl groups is 1. The summed E-state index contributed by atoms with van der Waals surface area (Å²) in [5.41, 5.74) is -0.206. The Hall–Kier alpha value is -0.0100. The summed E-state index contributed by atoms with van der Waals surface area (Å²) in [5.74, 6) is 0. The first-order valence-corrected chi connectivity index (χ1v) is 15.0. The number of aliphatic hydroxyl groups excluding tert-OH is 1. The largest absolute Gasteiger partial charge is 0.466 e. The van der Waals surface area contributed by atoms with Crippen molar-refractivity contribution < 1.29 is 24.4 Å². The van der Waals surface area contributed by atoms with Gasteiger partial charge < -0.3 is 25.1 Å². The Morgan fingerprint density at radius 2 is 1.03 bits per heavy atom. The molecule has 0 aliphatic rings. The molecule has 0 bridgehead atoms. The molecule has 0 spiro atoms. The predicted octanol–water partition coefficient (Wildman–Crippen LogP) is 6.01. The molecule has 0 saturated heterocycles. The summed E-state index contributed by atoms with van der Waals surface area (Å²) in [6.45, 7) is 9.82. The monoisotopic (exact) mass is 496 g/mol. The lowest BCUT2D eigenvalue weighted by atomic mass is 10.0. The van der Waals surface area contributed by atoms with Crippen molar-refractivity contribution in [1.29, 1.82) is 0 Å². The molecule has 1 atom stereocenters. The van der Waals surface area contributed by atoms with Gasteiger partial charge in [-0.15, -0.1) is 0 Å². The smallest absolute Gasteiger partial charge is 0.394 e. The summed E-state index contributed by atoms with van der Waals surface area (Å²) in [7, 11) is -4.64. The third kappa shape index (κ3) is 34.2. The van der Waals surface area contributed by atoms with Gasteiger partial charge in [0.1, 0.15) is 0 Å². The highest BCUT2D eigenvalue weighted by atomic mass is 31.2. The fourth-order valence-corrected chi connectivity index (χ4v) is 3.76. The van der Waals surface area contributed by atoms with Gasteiger partial charge in [0.25, 0.3) is 0 Å². The van der Waals surface area contributed by atoms with Gasteiger partial charge in [-0.05, 0) is 33.2 Å². The first-order valence-electron chi connectivity index (χ1n) is 13.5. The van der Waals surface area contributed by atoms with Crippen LogP contribution in [0.1, 0.15) is 137 Å². The highest BCUT2D eigenvalue weighted by Crippen LogP contribution is 2.25. The van der Waals surface area contributed by atoms with E-state index in [4.69, 9.17) is 19.2 Å². The molecule has 0 heterocycles. The Balaban J connectivity index is 0. The number of hydrogen-bond acceptors (Lipinski definition) is 4. The van der Waals surface area contributed by atoms with Crippen LogP contribution in [0, 0.1) is 0 Å². The summed E-state index contributed by atoms with van der Waals surface area (Å²) in [6.07, 6.45) is 24.0. The van der Waals surface area contributed by atoms with Crippen molar-refractivity contribution in [2.45, 2.75) is 149 Å². The average Bonchev–Trinajstić information content (AvgIpc) is 2.73. The molecular weight excluding hydrogens is 439 g/mol. The first-order chi connectivity index (χ1) is 15.6. The molecule has 0 aromatic rings. The first kappa shape index (κ1) is 35.2. The zero-order chi connectivity index (χ0) is 25.4. The molecule has 0 fully saturated rings. The molecule has 0 rings (SSSR count). The zero-order valence-electron chi connectivity index (χ0n) is 22.2. The van der Waals surface area contributed by atoms with Crippen LogP contribution in [0.3, 0.4) is 0 Å². The predicted molar refractivity (Wildman–Crippen MR) is 140 cm³/mol. The maximum Gasteiger partial charge on any atom is 0.466 e. The Labute approximate surface area is 204 Å². The van der Waals surface area contributed by atoms with Gasteiger partial charge >= 0.3 is 7.82 Å². The molecule has 7 nitrogen and oxygen atoms in total. The third-order valence-electron chi connectivity index (χ3n) is 5.79. The van der Waals surface area contributed by atoms with E-state index in [1.807, 2.05) is 13.8 Å². The van der Waals surface area contributed by atoms with Crippen molar-refractivity contribution >= 4 is 7.82 Å². The number of hydrogen-bond donors (Lipinski definition) is 6. The van der Waals surface area contributed by atoms with E-state index in [9.17, 15) is 5.11 Å². The SMILES string of the molecule is CCCCCCCCCCCCCCCCCCNC(CC)NC(C)(C)CO.O=P(O)(O)O. The molecule has 0 amide bonds. The molecule has 202 valence electrons. The Morgan fingerprint density at radius 3 is 1.33 bits per heavy atom. The lowest BCUT2D eigenvalue weighted by Crippen LogP contribution is -2.54. The van der Waals surface area contributed by atoms with Crippen molar-refractivity contribution in [3.8, 4) is 0 Å². The Bertz CT molecular complexity index is 438. The fraction of sp³-hybridized carbons (Fsp3) is 1.00. The lowest BCUT2D eigenvalue weighted by molar-refractivity contribution is 0.165. The van der Waals surface area contributed by atoms with Gasteiger partial charge in [-0.3, -0.25) is 5.32 Å². The lowest BCUT2D eigenvalue weighted by Gasteiger charge is -2.30. The molecule has 0 aromatic heterocycles. The second-order valence-corrected chi connectivity index (χ2v) is 10.9. The minimum absolute atomic E-state index is 0.171. The van der Waals surface area contributed by atoms with Gasteiger partial charge in [0.05, 0.1) is 12.8 Å². The van der Waals surface area contributed by atoms with Gasteiger partial charge in [-0.2, -0.15) is 0 Å². The van der Waals surface area contributed by atoms with Crippen LogP contribution in [0.4, 0.5) is 0 Å². The summed E-state index contributed by atoms with van der Waals surface area (Å²) in [6, 6.07) is 0. The van der Waals surface area contributed by atoms with E-state index in [2.05, 4.69) is 24.5 Å². The van der Waals surface area contributed by atoms with E-state index < -0.39 is 7.82 Å². The maximum atomic E-state index is 9.37. The number of nitrogens with one attached hydrogen (secondary N) is 2. The average molecular weight is 497 g/mol. The molecule has 0 aliphatic carbocycles. The standard InChI is InChI=1S/C25H54N2O.H3O4P/c1-5-7-8-9-10-11-12-13-14-15-16-17-18-19-20-21-22-26-24(6-2)27-25(3,4)23-28;1-5(2,3)4/h24,26-28H,5-23H2,1-4H3;(H3,1,2,3,4). The molecule has 0 radical (unpaired) electrons. The molecule has 0 aromatic carbocycles. The number of rotatable bonds is 22. The van der Waals surface area contributed by atoms with Crippen LogP contribution in [-0.4, -0.2) is 44.6 Å². The van der Waals surface area contributed by atoms with Gasteiger partial charge in [0.2, 0.25) is 0 Å². The van der Waals surface area contributed by atoms with Crippen LogP contribution in [0.5, 0.6) is 0 Å². The van der Waals surface area contributed by atoms with E-state index >= 15 is 0 Å². The van der Waals surface area contributed by atoms with Crippen molar-refractivity contribution in [3.05, 3.63) is 0 Å². The van der Waals surface area contributed by atoms with Crippen LogP contribution in [0.15, 0.2) is 0 Å². The van der Waals surface area contributed by atoms with Gasteiger partial charge in [0, 0.05) is 5.54 Å². The molecule has 33 heavy (non-hydrogen) atoms. The maximum absolute atomic E-state index is 9.37. The van der Waals surface area contributed by atoms with Gasteiger partial charge in [-0.1, -0.05) is 110 Å². The second kappa shape index (κ2) is 23.7. The molecule has 1 unspecified atom stereocenters. The molecule has 0 saturated carbocycles. The van der Waals surface area contributed by atoms with Gasteiger partial charge in [0.15, 0.2) is 0 Å². The third-order valence-corrected chi connectivity index (χ3v) is 5.79. The normalized spacial score (nSPS) is 13.0. The Kier molecular flexibility index (Phi) is 25.3. The summed E-state index contributed by atoms with van der Waals surface area (Å²) in [5, 5.41) is 16.4. The number of unbranched alkanes of at least 4 members (excludes halogenated alkanes) is 15. The molecule has 6 N–H and O–H groups in total. The Morgan fingerprint density at radius 1 is 0.697 bits per heavy atom. The van der Waals surface area contributed by atoms with E-state index in [1.54, 1.807) is 0 Å². The minimum Gasteiger partial charge on any atom is -0.394 e. The van der Waals surface area contributed by atoms with E-state index in [0.29, 0.717) is 6.17 Å². The fourth-order valence-electron chi connectivity index (χ4n) is 3.76. The van der Waals surface area contributed by atoms with Crippen molar-refractivity contribution in [1.82, 2.24) is 10.6 Å². The molecule has 8 heteroatoms. The van der Waals surface area contributed by atoms with Crippen molar-refractivity contribution in [3.63, 3.8) is 0 Å². The van der Waals surface area contributed by atoms with Crippen LogP contribution >= 0.6 is 7.82 Å². The highest BCUT2D eigenvalue weighted by molar-refractivity contribution is 7.45.